The molecule has 3 N–H and O–H groups in total. The molecular weight excluding hydrogens is 490 g/mol. The normalized spacial score (nSPS) is 11.3. The summed E-state index contributed by atoms with van der Waals surface area (Å²) in [5, 5.41) is 12.3. The molecule has 0 aliphatic heterocycles. The van der Waals surface area contributed by atoms with Crippen molar-refractivity contribution in [2.24, 2.45) is 0 Å². The molecule has 1 heterocycles. The van der Waals surface area contributed by atoms with Crippen LogP contribution in [0.3, 0.4) is 0 Å². The van der Waals surface area contributed by atoms with Crippen LogP contribution < -0.4 is 10.0 Å². The van der Waals surface area contributed by atoms with Gasteiger partial charge in [0.15, 0.2) is 11.6 Å². The van der Waals surface area contributed by atoms with Gasteiger partial charge in [0.2, 0.25) is 0 Å². The summed E-state index contributed by atoms with van der Waals surface area (Å²) in [6.45, 7) is 1.88. The lowest BCUT2D eigenvalue weighted by atomic mass is 10.0. The van der Waals surface area contributed by atoms with Crippen LogP contribution in [-0.4, -0.2) is 28.5 Å². The first-order valence-electron chi connectivity index (χ1n) is 11.3. The van der Waals surface area contributed by atoms with Crippen molar-refractivity contribution >= 4 is 44.1 Å². The SMILES string of the molecule is Cc1ccc(S(=O)(=O)Nc2nc3ccccc3nc2Nc2cccc(-c3ccc([N+](=O)O)cc3)c2)cc1. The van der Waals surface area contributed by atoms with E-state index in [1.807, 2.05) is 37.3 Å². The number of rotatable bonds is 7. The first kappa shape index (κ1) is 23.9. The molecule has 0 saturated heterocycles. The van der Waals surface area contributed by atoms with Crippen LogP contribution in [0.15, 0.2) is 102 Å². The van der Waals surface area contributed by atoms with Gasteiger partial charge in [-0.2, -0.15) is 0 Å². The lowest BCUT2D eigenvalue weighted by molar-refractivity contribution is -0.729. The van der Waals surface area contributed by atoms with Crippen LogP contribution in [-0.2, 0) is 10.0 Å². The molecule has 0 aliphatic rings. The number of para-hydroxylation sites is 2. The number of nitrogens with one attached hydrogen (secondary N) is 2. The Hall–Kier alpha value is -4.83. The minimum atomic E-state index is -3.92. The summed E-state index contributed by atoms with van der Waals surface area (Å²) in [7, 11) is -3.92. The van der Waals surface area contributed by atoms with E-state index in [4.69, 9.17) is 5.21 Å². The molecule has 0 atom stereocenters. The summed E-state index contributed by atoms with van der Waals surface area (Å²) in [6, 6.07) is 27.6. The molecule has 184 valence electrons. The lowest BCUT2D eigenvalue weighted by Gasteiger charge is -2.14. The van der Waals surface area contributed by atoms with Crippen molar-refractivity contribution < 1.29 is 18.5 Å². The molecular formula is C27H22N5O4S+. The smallest absolute Gasteiger partial charge is 0.316 e. The molecule has 0 spiro atoms. The molecule has 4 aromatic carbocycles. The highest BCUT2D eigenvalue weighted by Gasteiger charge is 2.19. The fraction of sp³-hybridized carbons (Fsp3) is 0.0370. The van der Waals surface area contributed by atoms with Crippen LogP contribution in [0.25, 0.3) is 22.2 Å². The third kappa shape index (κ3) is 5.24. The van der Waals surface area contributed by atoms with E-state index in [0.29, 0.717) is 16.7 Å². The Morgan fingerprint density at radius 3 is 2.05 bits per heavy atom. The second-order valence-corrected chi connectivity index (χ2v) is 10.0. The van der Waals surface area contributed by atoms with Crippen molar-refractivity contribution in [3.05, 3.63) is 108 Å². The van der Waals surface area contributed by atoms with Crippen LogP contribution in [0, 0.1) is 11.8 Å². The zero-order valence-electron chi connectivity index (χ0n) is 19.7. The van der Waals surface area contributed by atoms with Crippen molar-refractivity contribution in [1.29, 1.82) is 0 Å². The fourth-order valence-corrected chi connectivity index (χ4v) is 4.77. The highest BCUT2D eigenvalue weighted by Crippen LogP contribution is 2.30. The number of sulfonamides is 1. The largest absolute Gasteiger partial charge is 0.337 e. The van der Waals surface area contributed by atoms with Gasteiger partial charge < -0.3 is 5.32 Å². The number of hydrogen-bond donors (Lipinski definition) is 3. The Bertz CT molecular complexity index is 1720. The molecule has 0 saturated carbocycles. The maximum atomic E-state index is 13.1. The van der Waals surface area contributed by atoms with Gasteiger partial charge in [0.25, 0.3) is 14.9 Å². The van der Waals surface area contributed by atoms with Gasteiger partial charge in [0.1, 0.15) is 0 Å². The molecule has 0 fully saturated rings. The van der Waals surface area contributed by atoms with E-state index in [1.54, 1.807) is 42.5 Å². The van der Waals surface area contributed by atoms with Crippen molar-refractivity contribution in [2.75, 3.05) is 10.0 Å². The maximum Gasteiger partial charge on any atom is 0.316 e. The predicted molar refractivity (Wildman–Crippen MR) is 142 cm³/mol. The van der Waals surface area contributed by atoms with Crippen molar-refractivity contribution in [1.82, 2.24) is 9.97 Å². The van der Waals surface area contributed by atoms with Gasteiger partial charge in [0.05, 0.1) is 20.8 Å². The van der Waals surface area contributed by atoms with E-state index in [1.165, 1.54) is 24.3 Å². The molecule has 1 aromatic heterocycles. The number of aryl methyl sites for hydroxylation is 1. The number of aromatic nitrogens is 2. The average molecular weight is 513 g/mol. The molecule has 10 heteroatoms. The lowest BCUT2D eigenvalue weighted by Crippen LogP contribution is -2.16. The summed E-state index contributed by atoms with van der Waals surface area (Å²) in [5.74, 6) is 0.302. The Morgan fingerprint density at radius 1 is 0.757 bits per heavy atom. The first-order chi connectivity index (χ1) is 17.8. The standard InChI is InChI=1S/C27H22N5O4S/c1-18-9-15-23(16-10-18)37(35,36)31-27-26(29-24-7-2-3-8-25(24)30-27)28-21-6-4-5-20(17-21)19-11-13-22(14-12-19)32(33)34/h2-17H,1H3,(H,28,29)(H,30,31)(H,33,34)/q+1. The Labute approximate surface area is 213 Å². The number of fused-ring (bicyclic) bond motifs is 1. The van der Waals surface area contributed by atoms with Crippen LogP contribution in [0.2, 0.25) is 0 Å². The molecule has 0 radical (unpaired) electrons. The van der Waals surface area contributed by atoms with E-state index in [-0.39, 0.29) is 27.1 Å². The van der Waals surface area contributed by atoms with Crippen molar-refractivity contribution in [2.45, 2.75) is 11.8 Å². The summed E-state index contributed by atoms with van der Waals surface area (Å²) < 4.78 is 28.8. The number of anilines is 3. The van der Waals surface area contributed by atoms with Crippen LogP contribution >= 0.6 is 0 Å². The molecule has 9 nitrogen and oxygen atoms in total. The van der Waals surface area contributed by atoms with Gasteiger partial charge in [0, 0.05) is 17.8 Å². The average Bonchev–Trinajstić information content (AvgIpc) is 2.89. The first-order valence-corrected chi connectivity index (χ1v) is 12.8. The summed E-state index contributed by atoms with van der Waals surface area (Å²) in [4.78, 5) is 20.2. The monoisotopic (exact) mass is 512 g/mol. The highest BCUT2D eigenvalue weighted by atomic mass is 32.2. The zero-order chi connectivity index (χ0) is 26.0. The van der Waals surface area contributed by atoms with E-state index < -0.39 is 10.0 Å². The number of nitrogens with zero attached hydrogens (tertiary/aromatic N) is 3. The summed E-state index contributed by atoms with van der Waals surface area (Å²) in [6.07, 6.45) is 0. The topological polar surface area (TPSA) is 124 Å². The minimum absolute atomic E-state index is 0.0625. The highest BCUT2D eigenvalue weighted by molar-refractivity contribution is 7.92. The van der Waals surface area contributed by atoms with Crippen LogP contribution in [0.1, 0.15) is 5.56 Å². The van der Waals surface area contributed by atoms with Crippen molar-refractivity contribution in [3.63, 3.8) is 0 Å². The van der Waals surface area contributed by atoms with Gasteiger partial charge in [-0.25, -0.2) is 23.6 Å². The molecule has 37 heavy (non-hydrogen) atoms. The van der Waals surface area contributed by atoms with E-state index >= 15 is 0 Å². The quantitative estimate of drug-likeness (QED) is 0.230. The fourth-order valence-electron chi connectivity index (χ4n) is 3.76. The Kier molecular flexibility index (Phi) is 6.24. The molecule has 5 rings (SSSR count). The number of benzene rings is 4. The minimum Gasteiger partial charge on any atom is -0.337 e. The maximum absolute atomic E-state index is 13.1. The van der Waals surface area contributed by atoms with Gasteiger partial charge in [-0.3, -0.25) is 4.72 Å². The van der Waals surface area contributed by atoms with E-state index in [9.17, 15) is 13.3 Å². The van der Waals surface area contributed by atoms with Crippen LogP contribution in [0.4, 0.5) is 23.0 Å². The Morgan fingerprint density at radius 2 is 1.41 bits per heavy atom. The van der Waals surface area contributed by atoms with Gasteiger partial charge in [-0.05, 0) is 66.6 Å². The molecule has 0 aliphatic carbocycles. The summed E-state index contributed by atoms with van der Waals surface area (Å²) in [5.41, 5.74) is 4.51. The van der Waals surface area contributed by atoms with Gasteiger partial charge in [-0.15, -0.1) is 0 Å². The zero-order valence-corrected chi connectivity index (χ0v) is 20.5. The molecule has 5 aromatic rings. The molecule has 0 amide bonds. The second kappa shape index (κ2) is 9.67. The molecule has 0 unspecified atom stereocenters. The van der Waals surface area contributed by atoms with Gasteiger partial charge >= 0.3 is 5.69 Å². The van der Waals surface area contributed by atoms with Crippen LogP contribution in [0.5, 0.6) is 0 Å². The second-order valence-electron chi connectivity index (χ2n) is 8.35. The third-order valence-electron chi connectivity index (χ3n) is 5.68. The summed E-state index contributed by atoms with van der Waals surface area (Å²) >= 11 is 0. The predicted octanol–water partition coefficient (Wildman–Crippen LogP) is 5.95. The van der Waals surface area contributed by atoms with E-state index in [2.05, 4.69) is 20.0 Å². The van der Waals surface area contributed by atoms with Crippen molar-refractivity contribution in [3.8, 4) is 11.1 Å². The third-order valence-corrected chi connectivity index (χ3v) is 7.03. The molecule has 0 bridgehead atoms. The van der Waals surface area contributed by atoms with Gasteiger partial charge in [-0.1, -0.05) is 42.0 Å². The number of hydrogen-bond acceptors (Lipinski definition) is 6. The van der Waals surface area contributed by atoms with E-state index in [0.717, 1.165) is 16.7 Å². The Balaban J connectivity index is 1.51.